The highest BCUT2D eigenvalue weighted by atomic mass is 31.2. The van der Waals surface area contributed by atoms with E-state index in [1.54, 1.807) is 14.2 Å². The molecular weight excluding hydrogens is 894 g/mol. The number of carbonyl (C=O) groups is 2. The molecule has 68 heavy (non-hydrogen) atoms. The average Bonchev–Trinajstić information content (AvgIpc) is 3.30. The molecule has 0 N–H and O–H groups in total. The second kappa shape index (κ2) is 47.6. The van der Waals surface area contributed by atoms with Gasteiger partial charge >= 0.3 is 11.9 Å². The number of rotatable bonds is 52. The van der Waals surface area contributed by atoms with Crippen LogP contribution in [0.4, 0.5) is 0 Å². The summed E-state index contributed by atoms with van der Waals surface area (Å²) in [7, 11) is 4.39. The average molecular weight is 994 g/mol. The molecule has 0 bridgehead atoms. The molecule has 402 valence electrons. The van der Waals surface area contributed by atoms with Crippen molar-refractivity contribution in [1.29, 1.82) is 0 Å². The third kappa shape index (κ3) is 47.9. The fraction of sp³-hybridized carbons (Fsp3) is 0.885. The van der Waals surface area contributed by atoms with Crippen molar-refractivity contribution in [2.24, 2.45) is 0 Å². The Morgan fingerprint density at radius 2 is 1.01 bits per heavy atom. The summed E-state index contributed by atoms with van der Waals surface area (Å²) in [4.78, 5) is 38.0. The zero-order valence-corrected chi connectivity index (χ0v) is 45.0. The lowest BCUT2D eigenvalue weighted by atomic mass is 10.1. The van der Waals surface area contributed by atoms with Crippen molar-refractivity contribution in [3.63, 3.8) is 0 Å². The maximum Gasteiger partial charge on any atom is 0.306 e. The van der Waals surface area contributed by atoms with Crippen LogP contribution in [0.3, 0.4) is 0 Å². The van der Waals surface area contributed by atoms with Gasteiger partial charge in [-0.3, -0.25) is 14.2 Å². The van der Waals surface area contributed by atoms with Gasteiger partial charge in [-0.1, -0.05) is 128 Å². The largest absolute Gasteiger partial charge is 0.756 e. The summed E-state index contributed by atoms with van der Waals surface area (Å²) in [6.45, 7) is 6.75. The lowest BCUT2D eigenvalue weighted by molar-refractivity contribution is -0.870. The number of nitrogens with zero attached hydrogens (tertiary/aromatic N) is 1. The number of carbonyl (C=O) groups excluding carboxylic acids is 2. The highest BCUT2D eigenvalue weighted by Crippen LogP contribution is 2.38. The Labute approximate surface area is 414 Å². The van der Waals surface area contributed by atoms with Crippen LogP contribution < -0.4 is 4.89 Å². The quantitative estimate of drug-likeness (QED) is 0.0141. The highest BCUT2D eigenvalue weighted by molar-refractivity contribution is 7.45. The number of methoxy groups -OCH3 is 2. The van der Waals surface area contributed by atoms with Crippen LogP contribution in [0.1, 0.15) is 181 Å². The summed E-state index contributed by atoms with van der Waals surface area (Å²) >= 11 is 0. The summed E-state index contributed by atoms with van der Waals surface area (Å²) in [5.74, 6) is -0.920. The summed E-state index contributed by atoms with van der Waals surface area (Å²) in [5, 5.41) is 0. The number of esters is 2. The zero-order valence-electron chi connectivity index (χ0n) is 44.1. The van der Waals surface area contributed by atoms with Crippen molar-refractivity contribution in [2.75, 3.05) is 102 Å². The molecule has 0 aliphatic rings. The molecule has 0 radical (unpaired) electrons. The molecule has 0 saturated carbocycles. The molecule has 0 aromatic heterocycles. The summed E-state index contributed by atoms with van der Waals surface area (Å²) in [6.07, 6.45) is 33.2. The van der Waals surface area contributed by atoms with Crippen molar-refractivity contribution in [1.82, 2.24) is 0 Å². The van der Waals surface area contributed by atoms with Gasteiger partial charge in [-0.15, -0.1) is 0 Å². The predicted molar refractivity (Wildman–Crippen MR) is 268 cm³/mol. The number of quaternary nitrogens is 1. The fourth-order valence-electron chi connectivity index (χ4n) is 6.94. The lowest BCUT2D eigenvalue weighted by Gasteiger charge is -2.28. The Bertz CT molecular complexity index is 1250. The first kappa shape index (κ1) is 66.2. The van der Waals surface area contributed by atoms with Gasteiger partial charge in [0.1, 0.15) is 33.3 Å². The minimum atomic E-state index is -4.67. The van der Waals surface area contributed by atoms with Crippen LogP contribution in [0.5, 0.6) is 0 Å². The maximum absolute atomic E-state index is 12.8. The fourth-order valence-corrected chi connectivity index (χ4v) is 7.67. The van der Waals surface area contributed by atoms with Crippen molar-refractivity contribution >= 4 is 19.8 Å². The van der Waals surface area contributed by atoms with Crippen LogP contribution in [-0.2, 0) is 61.1 Å². The Morgan fingerprint density at radius 3 is 1.50 bits per heavy atom. The minimum absolute atomic E-state index is 0.0567. The Balaban J connectivity index is 4.68. The molecule has 0 fully saturated rings. The van der Waals surface area contributed by atoms with Crippen LogP contribution >= 0.6 is 7.82 Å². The number of unbranched alkanes of at least 4 members (excludes halogenated alkanes) is 16. The molecule has 0 rings (SSSR count). The molecule has 16 heteroatoms. The van der Waals surface area contributed by atoms with E-state index in [1.807, 2.05) is 21.1 Å². The van der Waals surface area contributed by atoms with Crippen molar-refractivity contribution in [3.8, 4) is 0 Å². The van der Waals surface area contributed by atoms with E-state index < -0.39 is 32.5 Å². The van der Waals surface area contributed by atoms with Crippen molar-refractivity contribution in [3.05, 3.63) is 24.3 Å². The molecule has 0 spiro atoms. The number of allylic oxidation sites excluding steroid dienone is 2. The van der Waals surface area contributed by atoms with Gasteiger partial charge in [0, 0.05) is 27.1 Å². The third-order valence-electron chi connectivity index (χ3n) is 11.2. The molecule has 0 aliphatic heterocycles. The summed E-state index contributed by atoms with van der Waals surface area (Å²) in [6, 6.07) is 0. The van der Waals surface area contributed by atoms with Gasteiger partial charge in [-0.05, 0) is 64.2 Å². The summed E-state index contributed by atoms with van der Waals surface area (Å²) < 4.78 is 67.2. The molecule has 0 aliphatic carbocycles. The van der Waals surface area contributed by atoms with Crippen LogP contribution in [0.15, 0.2) is 24.3 Å². The number of phosphoric ester groups is 1. The smallest absolute Gasteiger partial charge is 0.306 e. The number of ether oxygens (including phenoxy) is 8. The second-order valence-electron chi connectivity index (χ2n) is 18.7. The predicted octanol–water partition coefficient (Wildman–Crippen LogP) is 11.0. The van der Waals surface area contributed by atoms with Crippen LogP contribution in [0.25, 0.3) is 0 Å². The molecule has 0 aromatic rings. The maximum atomic E-state index is 12.8. The molecule has 0 saturated heterocycles. The van der Waals surface area contributed by atoms with E-state index in [1.165, 1.54) is 38.5 Å². The first-order valence-electron chi connectivity index (χ1n) is 26.3. The standard InChI is InChI=1S/C52H100NO14P/c1-8-10-12-26-32-48(63-46-60-42-40-58-6)34-28-22-18-14-16-20-24-30-36-51(54)62-44-50(45-66-68(56,57)65-39-38-53(3,4)5)67-52(55)37-31-25-21-17-15-19-23-29-35-49(33-27-13-11-9-2)64-47-61-43-41-59-7/h22-23,28-29,48-50H,8-21,24-27,30-47H2,1-7H3/b28-22+,29-23+. The van der Waals surface area contributed by atoms with Gasteiger partial charge < -0.3 is 56.3 Å². The first-order chi connectivity index (χ1) is 32.9. The van der Waals surface area contributed by atoms with E-state index in [9.17, 15) is 19.0 Å². The van der Waals surface area contributed by atoms with E-state index in [2.05, 4.69) is 38.2 Å². The molecule has 0 heterocycles. The molecule has 0 aromatic carbocycles. The van der Waals surface area contributed by atoms with Gasteiger partial charge in [0.2, 0.25) is 0 Å². The monoisotopic (exact) mass is 994 g/mol. The number of hydrogen-bond donors (Lipinski definition) is 0. The van der Waals surface area contributed by atoms with Crippen LogP contribution in [0.2, 0.25) is 0 Å². The van der Waals surface area contributed by atoms with Gasteiger partial charge in [0.15, 0.2) is 6.10 Å². The molecule has 4 atom stereocenters. The van der Waals surface area contributed by atoms with Crippen molar-refractivity contribution < 1.29 is 70.5 Å². The Hall–Kier alpha value is -1.75. The number of phosphoric acid groups is 1. The van der Waals surface area contributed by atoms with E-state index in [0.717, 1.165) is 103 Å². The number of hydrogen-bond acceptors (Lipinski definition) is 14. The number of likely N-dealkylation sites (N-methyl/N-ethyl adjacent to an activating group) is 1. The second-order valence-corrected chi connectivity index (χ2v) is 20.1. The molecule has 15 nitrogen and oxygen atoms in total. The van der Waals surface area contributed by atoms with Gasteiger partial charge in [-0.2, -0.15) is 0 Å². The molecule has 0 amide bonds. The Kier molecular flexibility index (Phi) is 46.3. The Morgan fingerprint density at radius 1 is 0.544 bits per heavy atom. The first-order valence-corrected chi connectivity index (χ1v) is 27.7. The normalized spacial score (nSPS) is 14.4. The lowest BCUT2D eigenvalue weighted by Crippen LogP contribution is -2.37. The highest BCUT2D eigenvalue weighted by Gasteiger charge is 2.22. The minimum Gasteiger partial charge on any atom is -0.756 e. The van der Waals surface area contributed by atoms with Crippen molar-refractivity contribution in [2.45, 2.75) is 199 Å². The topological polar surface area (TPSA) is 167 Å². The van der Waals surface area contributed by atoms with E-state index >= 15 is 0 Å². The molecular formula is C52H100NO14P. The van der Waals surface area contributed by atoms with Gasteiger partial charge in [-0.25, -0.2) is 0 Å². The van der Waals surface area contributed by atoms with E-state index in [4.69, 9.17) is 46.9 Å². The van der Waals surface area contributed by atoms with Crippen LogP contribution in [-0.4, -0.2) is 136 Å². The van der Waals surface area contributed by atoms with Gasteiger partial charge in [0.25, 0.3) is 7.82 Å². The van der Waals surface area contributed by atoms with Gasteiger partial charge in [0.05, 0.1) is 66.4 Å². The van der Waals surface area contributed by atoms with Crippen LogP contribution in [0, 0.1) is 0 Å². The third-order valence-corrected chi connectivity index (χ3v) is 12.2. The molecule has 4 unspecified atom stereocenters. The van der Waals surface area contributed by atoms with E-state index in [-0.39, 0.29) is 51.8 Å². The SMILES string of the molecule is CCCCCCC(C/C=C/CCCCCCCC(=O)OCC(COP(=O)([O-])OCC[N+](C)(C)C)OC(=O)CCCCCCC/C=C/CC(CCCCCC)OCOCCOC)OCOCCOC. The zero-order chi connectivity index (χ0) is 50.2. The summed E-state index contributed by atoms with van der Waals surface area (Å²) in [5.41, 5.74) is 0. The van der Waals surface area contributed by atoms with E-state index in [0.29, 0.717) is 50.3 Å².